The first-order valence-electron chi connectivity index (χ1n) is 9.21. The number of hydrogen-bond donors (Lipinski definition) is 2. The molecule has 0 saturated carbocycles. The fraction of sp³-hybridized carbons (Fsp3) is 0.350. The highest BCUT2D eigenvalue weighted by Crippen LogP contribution is 2.15. The van der Waals surface area contributed by atoms with Crippen LogP contribution in [0.15, 0.2) is 54.2 Å². The third-order valence-electron chi connectivity index (χ3n) is 4.52. The maximum atomic E-state index is 4.61. The summed E-state index contributed by atoms with van der Waals surface area (Å²) in [6.07, 6.45) is 4.96. The molecule has 0 unspecified atom stereocenters. The lowest BCUT2D eigenvalue weighted by molar-refractivity contribution is 0.641. The van der Waals surface area contributed by atoms with Crippen LogP contribution in [0.1, 0.15) is 18.1 Å². The van der Waals surface area contributed by atoms with Crippen LogP contribution in [0.5, 0.6) is 0 Å². The van der Waals surface area contributed by atoms with Crippen molar-refractivity contribution in [2.45, 2.75) is 26.4 Å². The largest absolute Gasteiger partial charge is 0.356 e. The molecule has 7 nitrogen and oxygen atoms in total. The van der Waals surface area contributed by atoms with E-state index >= 15 is 0 Å². The van der Waals surface area contributed by atoms with Crippen LogP contribution in [0.3, 0.4) is 0 Å². The lowest BCUT2D eigenvalue weighted by atomic mass is 10.2. The van der Waals surface area contributed by atoms with Crippen LogP contribution in [-0.4, -0.2) is 38.4 Å². The summed E-state index contributed by atoms with van der Waals surface area (Å²) < 4.78 is 4.24. The molecular formula is C20H27N7. The topological polar surface area (TPSA) is 72.1 Å². The molecule has 0 amide bonds. The number of nitrogens with zero attached hydrogens (tertiary/aromatic N) is 5. The van der Waals surface area contributed by atoms with Gasteiger partial charge in [-0.05, 0) is 30.9 Å². The average molecular weight is 365 g/mol. The molecule has 27 heavy (non-hydrogen) atoms. The minimum Gasteiger partial charge on any atom is -0.356 e. The monoisotopic (exact) mass is 365 g/mol. The van der Waals surface area contributed by atoms with Gasteiger partial charge in [0.05, 0.1) is 0 Å². The fourth-order valence-corrected chi connectivity index (χ4v) is 2.87. The van der Waals surface area contributed by atoms with E-state index in [2.05, 4.69) is 73.5 Å². The Morgan fingerprint density at radius 3 is 2.85 bits per heavy atom. The van der Waals surface area contributed by atoms with Crippen molar-refractivity contribution in [3.8, 4) is 0 Å². The number of guanidine groups is 1. The van der Waals surface area contributed by atoms with E-state index in [-0.39, 0.29) is 0 Å². The molecule has 0 radical (unpaired) electrons. The average Bonchev–Trinajstić information content (AvgIpc) is 3.24. The molecule has 2 heterocycles. The second-order valence-corrected chi connectivity index (χ2v) is 6.41. The van der Waals surface area contributed by atoms with Crippen LogP contribution in [0.25, 0.3) is 10.9 Å². The van der Waals surface area contributed by atoms with Gasteiger partial charge in [-0.1, -0.05) is 24.3 Å². The van der Waals surface area contributed by atoms with Crippen LogP contribution >= 0.6 is 0 Å². The summed E-state index contributed by atoms with van der Waals surface area (Å²) in [5, 5.41) is 16.1. The Bertz CT molecular complexity index is 919. The molecule has 0 spiro atoms. The third kappa shape index (κ3) is 4.75. The SMILES string of the molecule is C=CCNC(=NCc1nnc(C)n1C)NCCCn1ccc2ccccc21. The Kier molecular flexibility index (Phi) is 6.25. The van der Waals surface area contributed by atoms with Crippen molar-refractivity contribution in [3.05, 3.63) is 60.8 Å². The first kappa shape index (κ1) is 18.7. The van der Waals surface area contributed by atoms with Crippen molar-refractivity contribution < 1.29 is 0 Å². The molecule has 1 aromatic carbocycles. The second-order valence-electron chi connectivity index (χ2n) is 6.41. The Hall–Kier alpha value is -3.09. The fourth-order valence-electron chi connectivity index (χ4n) is 2.87. The van der Waals surface area contributed by atoms with Crippen LogP contribution in [-0.2, 0) is 20.1 Å². The minimum absolute atomic E-state index is 0.478. The highest BCUT2D eigenvalue weighted by molar-refractivity contribution is 5.80. The first-order valence-corrected chi connectivity index (χ1v) is 9.21. The Morgan fingerprint density at radius 1 is 1.22 bits per heavy atom. The summed E-state index contributed by atoms with van der Waals surface area (Å²) in [6, 6.07) is 10.6. The van der Waals surface area contributed by atoms with E-state index < -0.39 is 0 Å². The molecule has 142 valence electrons. The Labute approximate surface area is 159 Å². The zero-order valence-corrected chi connectivity index (χ0v) is 16.0. The molecule has 0 atom stereocenters. The van der Waals surface area contributed by atoms with Gasteiger partial charge in [0, 0.05) is 38.4 Å². The summed E-state index contributed by atoms with van der Waals surface area (Å²) in [6.45, 7) is 8.60. The predicted octanol–water partition coefficient (Wildman–Crippen LogP) is 2.39. The van der Waals surface area contributed by atoms with Crippen molar-refractivity contribution in [2.24, 2.45) is 12.0 Å². The molecule has 0 fully saturated rings. The zero-order valence-electron chi connectivity index (χ0n) is 16.0. The van der Waals surface area contributed by atoms with Gasteiger partial charge in [-0.3, -0.25) is 0 Å². The number of rotatable bonds is 8. The minimum atomic E-state index is 0.478. The number of aliphatic imine (C=N–C) groups is 1. The number of fused-ring (bicyclic) bond motifs is 1. The molecule has 7 heteroatoms. The van der Waals surface area contributed by atoms with Gasteiger partial charge in [0.1, 0.15) is 12.4 Å². The summed E-state index contributed by atoms with van der Waals surface area (Å²) >= 11 is 0. The van der Waals surface area contributed by atoms with Crippen molar-refractivity contribution in [3.63, 3.8) is 0 Å². The van der Waals surface area contributed by atoms with Crippen molar-refractivity contribution in [2.75, 3.05) is 13.1 Å². The van der Waals surface area contributed by atoms with E-state index in [1.54, 1.807) is 0 Å². The van der Waals surface area contributed by atoms with Gasteiger partial charge in [0.25, 0.3) is 0 Å². The third-order valence-corrected chi connectivity index (χ3v) is 4.52. The standard InChI is InChI=1S/C20H27N7/c1-4-11-21-20(23-15-19-25-24-16(2)26(19)3)22-12-7-13-27-14-10-17-8-5-6-9-18(17)27/h4-6,8-10,14H,1,7,11-13,15H2,2-3H3,(H2,21,22,23). The number of para-hydroxylation sites is 1. The molecule has 3 rings (SSSR count). The molecule has 3 aromatic rings. The lowest BCUT2D eigenvalue weighted by Crippen LogP contribution is -2.38. The van der Waals surface area contributed by atoms with E-state index in [0.29, 0.717) is 13.1 Å². The van der Waals surface area contributed by atoms with Gasteiger partial charge in [-0.2, -0.15) is 0 Å². The quantitative estimate of drug-likeness (QED) is 0.278. The number of aromatic nitrogens is 4. The molecule has 0 bridgehead atoms. The van der Waals surface area contributed by atoms with Crippen molar-refractivity contribution >= 4 is 16.9 Å². The van der Waals surface area contributed by atoms with E-state index in [1.165, 1.54) is 10.9 Å². The lowest BCUT2D eigenvalue weighted by Gasteiger charge is -2.12. The summed E-state index contributed by atoms with van der Waals surface area (Å²) in [4.78, 5) is 4.61. The molecule has 0 aliphatic rings. The van der Waals surface area contributed by atoms with Crippen molar-refractivity contribution in [1.29, 1.82) is 0 Å². The normalized spacial score (nSPS) is 11.7. The molecule has 0 saturated heterocycles. The highest BCUT2D eigenvalue weighted by Gasteiger charge is 2.05. The van der Waals surface area contributed by atoms with Gasteiger partial charge < -0.3 is 19.8 Å². The molecule has 2 aromatic heterocycles. The Morgan fingerprint density at radius 2 is 2.07 bits per heavy atom. The summed E-state index contributed by atoms with van der Waals surface area (Å²) in [7, 11) is 1.95. The van der Waals surface area contributed by atoms with Crippen LogP contribution < -0.4 is 10.6 Å². The first-order chi connectivity index (χ1) is 13.2. The van der Waals surface area contributed by atoms with Gasteiger partial charge in [0.2, 0.25) is 0 Å². The highest BCUT2D eigenvalue weighted by atomic mass is 15.3. The van der Waals surface area contributed by atoms with Gasteiger partial charge in [-0.15, -0.1) is 16.8 Å². The second kappa shape index (κ2) is 9.02. The maximum Gasteiger partial charge on any atom is 0.191 e. The van der Waals surface area contributed by atoms with E-state index in [4.69, 9.17) is 0 Å². The molecule has 2 N–H and O–H groups in total. The summed E-state index contributed by atoms with van der Waals surface area (Å²) in [5.74, 6) is 2.48. The molecule has 0 aliphatic carbocycles. The number of aryl methyl sites for hydroxylation is 2. The Balaban J connectivity index is 1.54. The zero-order chi connectivity index (χ0) is 19.1. The van der Waals surface area contributed by atoms with Gasteiger partial charge >= 0.3 is 0 Å². The van der Waals surface area contributed by atoms with Crippen LogP contribution in [0, 0.1) is 6.92 Å². The maximum absolute atomic E-state index is 4.61. The van der Waals surface area contributed by atoms with E-state index in [0.717, 1.165) is 37.1 Å². The van der Waals surface area contributed by atoms with Gasteiger partial charge in [-0.25, -0.2) is 4.99 Å². The van der Waals surface area contributed by atoms with Crippen LogP contribution in [0.2, 0.25) is 0 Å². The van der Waals surface area contributed by atoms with Crippen molar-refractivity contribution in [1.82, 2.24) is 30.0 Å². The predicted molar refractivity (Wildman–Crippen MR) is 110 cm³/mol. The van der Waals surface area contributed by atoms with E-state index in [9.17, 15) is 0 Å². The molecular weight excluding hydrogens is 338 g/mol. The number of benzene rings is 1. The smallest absolute Gasteiger partial charge is 0.191 e. The molecule has 0 aliphatic heterocycles. The van der Waals surface area contributed by atoms with E-state index in [1.807, 2.05) is 24.6 Å². The number of nitrogens with one attached hydrogen (secondary N) is 2. The van der Waals surface area contributed by atoms with Gasteiger partial charge in [0.15, 0.2) is 11.8 Å². The summed E-state index contributed by atoms with van der Waals surface area (Å²) in [5.41, 5.74) is 1.27. The van der Waals surface area contributed by atoms with Crippen LogP contribution in [0.4, 0.5) is 0 Å². The number of hydrogen-bond acceptors (Lipinski definition) is 3.